The van der Waals surface area contributed by atoms with E-state index in [1.807, 2.05) is 19.1 Å². The van der Waals surface area contributed by atoms with Crippen molar-refractivity contribution in [1.82, 2.24) is 5.32 Å². The number of carbonyl (C=O) groups excluding carboxylic acids is 2. The Morgan fingerprint density at radius 3 is 3.09 bits per heavy atom. The summed E-state index contributed by atoms with van der Waals surface area (Å²) in [7, 11) is 0. The average Bonchev–Trinajstić information content (AvgIpc) is 2.99. The number of benzene rings is 1. The lowest BCUT2D eigenvalue weighted by Crippen LogP contribution is -2.30. The lowest BCUT2D eigenvalue weighted by molar-refractivity contribution is -0.124. The Kier molecular flexibility index (Phi) is 4.43. The van der Waals surface area contributed by atoms with Crippen LogP contribution in [0, 0.1) is 0 Å². The van der Waals surface area contributed by atoms with Crippen molar-refractivity contribution >= 4 is 17.5 Å². The SMILES string of the molecule is CC(NC(=O)CC1CCCO1)c1ccc2c(c1)CCC(=O)N2. The van der Waals surface area contributed by atoms with Gasteiger partial charge in [0.25, 0.3) is 0 Å². The Labute approximate surface area is 130 Å². The molecule has 1 aromatic carbocycles. The number of ether oxygens (including phenoxy) is 1. The third-order valence-corrected chi connectivity index (χ3v) is 4.34. The van der Waals surface area contributed by atoms with Crippen LogP contribution in [-0.4, -0.2) is 24.5 Å². The molecule has 2 aliphatic rings. The van der Waals surface area contributed by atoms with Gasteiger partial charge in [0.15, 0.2) is 0 Å². The van der Waals surface area contributed by atoms with Crippen molar-refractivity contribution in [3.63, 3.8) is 0 Å². The van der Waals surface area contributed by atoms with Gasteiger partial charge in [-0.2, -0.15) is 0 Å². The monoisotopic (exact) mass is 302 g/mol. The minimum atomic E-state index is -0.0446. The Balaban J connectivity index is 1.61. The Morgan fingerprint density at radius 2 is 2.32 bits per heavy atom. The van der Waals surface area contributed by atoms with Crippen molar-refractivity contribution < 1.29 is 14.3 Å². The number of hydrogen-bond donors (Lipinski definition) is 2. The zero-order valence-electron chi connectivity index (χ0n) is 12.9. The molecule has 2 atom stereocenters. The van der Waals surface area contributed by atoms with Crippen molar-refractivity contribution in [2.75, 3.05) is 11.9 Å². The molecule has 1 fully saturated rings. The smallest absolute Gasteiger partial charge is 0.224 e. The van der Waals surface area contributed by atoms with Gasteiger partial charge >= 0.3 is 0 Å². The fourth-order valence-corrected chi connectivity index (χ4v) is 3.07. The maximum Gasteiger partial charge on any atom is 0.224 e. The predicted molar refractivity (Wildman–Crippen MR) is 83.5 cm³/mol. The number of hydrogen-bond acceptors (Lipinski definition) is 3. The zero-order chi connectivity index (χ0) is 15.5. The van der Waals surface area contributed by atoms with Crippen molar-refractivity contribution in [3.05, 3.63) is 29.3 Å². The van der Waals surface area contributed by atoms with Gasteiger partial charge in [-0.1, -0.05) is 12.1 Å². The summed E-state index contributed by atoms with van der Waals surface area (Å²) in [5.41, 5.74) is 3.09. The van der Waals surface area contributed by atoms with Crippen LogP contribution >= 0.6 is 0 Å². The predicted octanol–water partition coefficient (Wildman–Crippen LogP) is 2.32. The first kappa shape index (κ1) is 15.0. The van der Waals surface area contributed by atoms with Crippen LogP contribution in [-0.2, 0) is 20.7 Å². The molecule has 2 heterocycles. The first-order chi connectivity index (χ1) is 10.6. The molecule has 0 radical (unpaired) electrons. The van der Waals surface area contributed by atoms with Crippen molar-refractivity contribution in [1.29, 1.82) is 0 Å². The zero-order valence-corrected chi connectivity index (χ0v) is 12.9. The van der Waals surface area contributed by atoms with Gasteiger partial charge in [-0.05, 0) is 43.4 Å². The Hall–Kier alpha value is -1.88. The number of rotatable bonds is 4. The highest BCUT2D eigenvalue weighted by molar-refractivity contribution is 5.93. The van der Waals surface area contributed by atoms with Crippen molar-refractivity contribution in [2.45, 2.75) is 51.2 Å². The minimum absolute atomic E-state index is 0.0328. The highest BCUT2D eigenvalue weighted by Crippen LogP contribution is 2.26. The maximum atomic E-state index is 12.1. The van der Waals surface area contributed by atoms with Gasteiger partial charge in [-0.15, -0.1) is 0 Å². The fourth-order valence-electron chi connectivity index (χ4n) is 3.07. The number of fused-ring (bicyclic) bond motifs is 1. The lowest BCUT2D eigenvalue weighted by Gasteiger charge is -2.21. The van der Waals surface area contributed by atoms with E-state index in [-0.39, 0.29) is 24.0 Å². The largest absolute Gasteiger partial charge is 0.378 e. The van der Waals surface area contributed by atoms with Gasteiger partial charge in [0, 0.05) is 18.7 Å². The molecule has 118 valence electrons. The summed E-state index contributed by atoms with van der Waals surface area (Å²) in [5, 5.41) is 5.90. The second kappa shape index (κ2) is 6.48. The van der Waals surface area contributed by atoms with Gasteiger partial charge in [0.05, 0.1) is 18.6 Å². The summed E-state index contributed by atoms with van der Waals surface area (Å²) >= 11 is 0. The van der Waals surface area contributed by atoms with Gasteiger partial charge in [-0.25, -0.2) is 0 Å². The van der Waals surface area contributed by atoms with E-state index >= 15 is 0 Å². The molecule has 22 heavy (non-hydrogen) atoms. The molecule has 0 aliphatic carbocycles. The Bertz CT molecular complexity index is 579. The number of anilines is 1. The van der Waals surface area contributed by atoms with Crippen LogP contribution in [0.15, 0.2) is 18.2 Å². The number of aryl methyl sites for hydroxylation is 1. The highest BCUT2D eigenvalue weighted by Gasteiger charge is 2.21. The first-order valence-corrected chi connectivity index (χ1v) is 7.95. The number of nitrogens with one attached hydrogen (secondary N) is 2. The van der Waals surface area contributed by atoms with Gasteiger partial charge in [0.1, 0.15) is 0 Å². The minimum Gasteiger partial charge on any atom is -0.378 e. The third kappa shape index (κ3) is 3.47. The van der Waals surface area contributed by atoms with E-state index in [0.717, 1.165) is 42.7 Å². The standard InChI is InChI=1S/C17H22N2O3/c1-11(18-17(21)10-14-3-2-8-22-14)12-4-6-15-13(9-12)5-7-16(20)19-15/h4,6,9,11,14H,2-3,5,7-8,10H2,1H3,(H,18,21)(H,19,20). The third-order valence-electron chi connectivity index (χ3n) is 4.34. The van der Waals surface area contributed by atoms with Crippen LogP contribution < -0.4 is 10.6 Å². The molecule has 0 spiro atoms. The molecule has 5 nitrogen and oxygen atoms in total. The average molecular weight is 302 g/mol. The molecule has 0 saturated carbocycles. The summed E-state index contributed by atoms with van der Waals surface area (Å²) in [4.78, 5) is 23.4. The van der Waals surface area contributed by atoms with E-state index in [9.17, 15) is 9.59 Å². The summed E-state index contributed by atoms with van der Waals surface area (Å²) in [5.74, 6) is 0.101. The topological polar surface area (TPSA) is 67.4 Å². The summed E-state index contributed by atoms with van der Waals surface area (Å²) in [6, 6.07) is 5.91. The van der Waals surface area contributed by atoms with E-state index in [0.29, 0.717) is 12.8 Å². The van der Waals surface area contributed by atoms with Gasteiger partial charge in [0.2, 0.25) is 11.8 Å². The summed E-state index contributed by atoms with van der Waals surface area (Å²) in [6.07, 6.45) is 3.81. The van der Waals surface area contributed by atoms with Gasteiger partial charge < -0.3 is 15.4 Å². The molecule has 5 heteroatoms. The van der Waals surface area contributed by atoms with Crippen molar-refractivity contribution in [3.8, 4) is 0 Å². The van der Waals surface area contributed by atoms with Crippen LogP contribution in [0.5, 0.6) is 0 Å². The molecular formula is C17H22N2O3. The first-order valence-electron chi connectivity index (χ1n) is 7.95. The second-order valence-corrected chi connectivity index (χ2v) is 6.09. The summed E-state index contributed by atoms with van der Waals surface area (Å²) < 4.78 is 5.49. The Morgan fingerprint density at radius 1 is 1.45 bits per heavy atom. The summed E-state index contributed by atoms with van der Waals surface area (Å²) in [6.45, 7) is 2.75. The second-order valence-electron chi connectivity index (χ2n) is 6.09. The van der Waals surface area contributed by atoms with E-state index in [1.54, 1.807) is 0 Å². The quantitative estimate of drug-likeness (QED) is 0.897. The van der Waals surface area contributed by atoms with Crippen LogP contribution in [0.4, 0.5) is 5.69 Å². The molecule has 2 amide bonds. The van der Waals surface area contributed by atoms with E-state index < -0.39 is 0 Å². The van der Waals surface area contributed by atoms with Gasteiger partial charge in [-0.3, -0.25) is 9.59 Å². The highest BCUT2D eigenvalue weighted by atomic mass is 16.5. The fraction of sp³-hybridized carbons (Fsp3) is 0.529. The van der Waals surface area contributed by atoms with Crippen molar-refractivity contribution in [2.24, 2.45) is 0 Å². The van der Waals surface area contributed by atoms with E-state index in [2.05, 4.69) is 16.7 Å². The van der Waals surface area contributed by atoms with Crippen LogP contribution in [0.25, 0.3) is 0 Å². The molecular weight excluding hydrogens is 280 g/mol. The molecule has 0 aromatic heterocycles. The molecule has 2 N–H and O–H groups in total. The van der Waals surface area contributed by atoms with Crippen LogP contribution in [0.3, 0.4) is 0 Å². The van der Waals surface area contributed by atoms with E-state index in [4.69, 9.17) is 4.74 Å². The van der Waals surface area contributed by atoms with E-state index in [1.165, 1.54) is 0 Å². The molecule has 2 aliphatic heterocycles. The lowest BCUT2D eigenvalue weighted by atomic mass is 9.97. The van der Waals surface area contributed by atoms with Crippen LogP contribution in [0.2, 0.25) is 0 Å². The molecule has 0 bridgehead atoms. The van der Waals surface area contributed by atoms with Crippen LogP contribution in [0.1, 0.15) is 49.8 Å². The maximum absolute atomic E-state index is 12.1. The molecule has 2 unspecified atom stereocenters. The number of amides is 2. The molecule has 1 aromatic rings. The molecule has 1 saturated heterocycles. The normalized spacial score (nSPS) is 21.9. The molecule has 3 rings (SSSR count). The number of carbonyl (C=O) groups is 2.